The molecule has 0 fully saturated rings. The average molecular weight is 241 g/mol. The topological polar surface area (TPSA) is 44.5 Å². The number of hydrogen-bond acceptors (Lipinski definition) is 4. The van der Waals surface area contributed by atoms with Gasteiger partial charge in [-0.25, -0.2) is 0 Å². The summed E-state index contributed by atoms with van der Waals surface area (Å²) in [7, 11) is 1.73. The molecule has 1 rings (SSSR count). The molecule has 0 radical (unpaired) electrons. The summed E-state index contributed by atoms with van der Waals surface area (Å²) in [4.78, 5) is 0. The van der Waals surface area contributed by atoms with Gasteiger partial charge in [0, 0.05) is 18.6 Å². The fraction of sp³-hybridized carbons (Fsp3) is 0.500. The van der Waals surface area contributed by atoms with Crippen molar-refractivity contribution in [3.63, 3.8) is 0 Å². The van der Waals surface area contributed by atoms with E-state index in [0.29, 0.717) is 0 Å². The van der Waals surface area contributed by atoms with E-state index >= 15 is 0 Å². The van der Waals surface area contributed by atoms with Crippen LogP contribution in [0.1, 0.15) is 6.42 Å². The lowest BCUT2D eigenvalue weighted by Crippen LogP contribution is -2.00. The first kappa shape index (κ1) is 13.2. The van der Waals surface area contributed by atoms with Crippen molar-refractivity contribution >= 4 is 17.4 Å². The van der Waals surface area contributed by atoms with E-state index in [9.17, 15) is 0 Å². The molecule has 0 bridgehead atoms. The minimum Gasteiger partial charge on any atom is -0.494 e. The fourth-order valence-corrected chi connectivity index (χ4v) is 1.97. The van der Waals surface area contributed by atoms with Crippen LogP contribution < -0.4 is 10.5 Å². The molecule has 0 spiro atoms. The van der Waals surface area contributed by atoms with E-state index in [1.54, 1.807) is 7.11 Å². The molecule has 1 aromatic rings. The Hall–Kier alpha value is -0.870. The van der Waals surface area contributed by atoms with Crippen LogP contribution in [0.4, 0.5) is 5.69 Å². The first-order chi connectivity index (χ1) is 7.83. The standard InChI is InChI=1S/C12H19NO2S/c1-14-8-10-16-9-2-7-15-12-5-3-11(13)4-6-12/h3-6H,2,7-10,13H2,1H3. The van der Waals surface area contributed by atoms with Crippen LogP contribution in [0.15, 0.2) is 24.3 Å². The molecule has 4 heteroatoms. The van der Waals surface area contributed by atoms with Gasteiger partial charge >= 0.3 is 0 Å². The zero-order valence-electron chi connectivity index (χ0n) is 9.65. The number of hydrogen-bond donors (Lipinski definition) is 1. The first-order valence-corrected chi connectivity index (χ1v) is 6.53. The van der Waals surface area contributed by atoms with Crippen molar-refractivity contribution in [1.29, 1.82) is 0 Å². The smallest absolute Gasteiger partial charge is 0.119 e. The van der Waals surface area contributed by atoms with E-state index in [0.717, 1.165) is 42.6 Å². The summed E-state index contributed by atoms with van der Waals surface area (Å²) in [6, 6.07) is 7.49. The van der Waals surface area contributed by atoms with E-state index < -0.39 is 0 Å². The van der Waals surface area contributed by atoms with Gasteiger partial charge in [-0.05, 0) is 36.4 Å². The third-order valence-electron chi connectivity index (χ3n) is 2.01. The number of methoxy groups -OCH3 is 1. The SMILES string of the molecule is COCCSCCCOc1ccc(N)cc1. The Bertz CT molecular complexity index is 277. The second kappa shape index (κ2) is 8.30. The van der Waals surface area contributed by atoms with Crippen molar-refractivity contribution in [2.24, 2.45) is 0 Å². The van der Waals surface area contributed by atoms with Gasteiger partial charge in [-0.1, -0.05) is 0 Å². The Balaban J connectivity index is 2.01. The van der Waals surface area contributed by atoms with Crippen LogP contribution in [-0.2, 0) is 4.74 Å². The molecule has 16 heavy (non-hydrogen) atoms. The molecule has 0 heterocycles. The zero-order valence-corrected chi connectivity index (χ0v) is 10.5. The second-order valence-corrected chi connectivity index (χ2v) is 4.60. The van der Waals surface area contributed by atoms with Crippen LogP contribution in [0, 0.1) is 0 Å². The lowest BCUT2D eigenvalue weighted by atomic mass is 10.3. The molecule has 0 unspecified atom stereocenters. The number of benzene rings is 1. The lowest BCUT2D eigenvalue weighted by molar-refractivity contribution is 0.218. The zero-order chi connectivity index (χ0) is 11.6. The van der Waals surface area contributed by atoms with Crippen molar-refractivity contribution in [2.45, 2.75) is 6.42 Å². The summed E-state index contributed by atoms with van der Waals surface area (Å²) < 4.78 is 10.5. The highest BCUT2D eigenvalue weighted by molar-refractivity contribution is 7.99. The maximum absolute atomic E-state index is 5.58. The van der Waals surface area contributed by atoms with E-state index in [-0.39, 0.29) is 0 Å². The van der Waals surface area contributed by atoms with Crippen molar-refractivity contribution in [3.8, 4) is 5.75 Å². The fourth-order valence-electron chi connectivity index (χ4n) is 1.16. The summed E-state index contributed by atoms with van der Waals surface area (Å²) in [5.74, 6) is 3.05. The van der Waals surface area contributed by atoms with Crippen molar-refractivity contribution in [1.82, 2.24) is 0 Å². The molecule has 0 aliphatic carbocycles. The molecular formula is C12H19NO2S. The van der Waals surface area contributed by atoms with Gasteiger partial charge in [0.1, 0.15) is 5.75 Å². The molecule has 0 saturated carbocycles. The molecule has 3 nitrogen and oxygen atoms in total. The average Bonchev–Trinajstić information content (AvgIpc) is 2.30. The second-order valence-electron chi connectivity index (χ2n) is 3.38. The highest BCUT2D eigenvalue weighted by Crippen LogP contribution is 2.13. The highest BCUT2D eigenvalue weighted by Gasteiger charge is 1.94. The Morgan fingerprint density at radius 1 is 1.12 bits per heavy atom. The van der Waals surface area contributed by atoms with Gasteiger partial charge in [-0.15, -0.1) is 0 Å². The molecule has 90 valence electrons. The van der Waals surface area contributed by atoms with E-state index in [2.05, 4.69) is 0 Å². The Kier molecular flexibility index (Phi) is 6.85. The van der Waals surface area contributed by atoms with Crippen molar-refractivity contribution in [2.75, 3.05) is 37.6 Å². The molecule has 0 aliphatic rings. The van der Waals surface area contributed by atoms with Crippen LogP contribution in [0.3, 0.4) is 0 Å². The highest BCUT2D eigenvalue weighted by atomic mass is 32.2. The molecule has 0 amide bonds. The largest absolute Gasteiger partial charge is 0.494 e. The van der Waals surface area contributed by atoms with Gasteiger partial charge in [0.15, 0.2) is 0 Å². The molecule has 1 aromatic carbocycles. The normalized spacial score (nSPS) is 10.3. The monoisotopic (exact) mass is 241 g/mol. The third kappa shape index (κ3) is 5.88. The van der Waals surface area contributed by atoms with Crippen LogP contribution in [0.5, 0.6) is 5.75 Å². The summed E-state index contributed by atoms with van der Waals surface area (Å²) in [6.07, 6.45) is 1.05. The van der Waals surface area contributed by atoms with Crippen LogP contribution in [0.25, 0.3) is 0 Å². The van der Waals surface area contributed by atoms with E-state index in [1.807, 2.05) is 36.0 Å². The number of ether oxygens (including phenoxy) is 2. The van der Waals surface area contributed by atoms with E-state index in [4.69, 9.17) is 15.2 Å². The number of nitrogens with two attached hydrogens (primary N) is 1. The number of nitrogen functional groups attached to an aromatic ring is 1. The summed E-state index contributed by atoms with van der Waals surface area (Å²) in [5, 5.41) is 0. The Morgan fingerprint density at radius 2 is 1.88 bits per heavy atom. The van der Waals surface area contributed by atoms with Gasteiger partial charge in [0.25, 0.3) is 0 Å². The molecular weight excluding hydrogens is 222 g/mol. The van der Waals surface area contributed by atoms with Gasteiger partial charge in [0.2, 0.25) is 0 Å². The maximum Gasteiger partial charge on any atom is 0.119 e. The Morgan fingerprint density at radius 3 is 2.56 bits per heavy atom. The van der Waals surface area contributed by atoms with Gasteiger partial charge in [-0.3, -0.25) is 0 Å². The molecule has 0 saturated heterocycles. The minimum atomic E-state index is 0.754. The van der Waals surface area contributed by atoms with E-state index in [1.165, 1.54) is 0 Å². The number of rotatable bonds is 8. The quantitative estimate of drug-likeness (QED) is 0.561. The number of anilines is 1. The molecule has 0 aromatic heterocycles. The number of thioether (sulfide) groups is 1. The summed E-state index contributed by atoms with van der Waals surface area (Å²) >= 11 is 1.89. The maximum atomic E-state index is 5.58. The van der Waals surface area contributed by atoms with Crippen molar-refractivity contribution < 1.29 is 9.47 Å². The minimum absolute atomic E-state index is 0.754. The van der Waals surface area contributed by atoms with Gasteiger partial charge in [0.05, 0.1) is 13.2 Å². The first-order valence-electron chi connectivity index (χ1n) is 5.38. The summed E-state index contributed by atoms with van der Waals surface area (Å²) in [5.41, 5.74) is 6.34. The van der Waals surface area contributed by atoms with Gasteiger partial charge < -0.3 is 15.2 Å². The summed E-state index contributed by atoms with van der Waals surface area (Å²) in [6.45, 7) is 1.58. The van der Waals surface area contributed by atoms with Crippen LogP contribution in [0.2, 0.25) is 0 Å². The third-order valence-corrected chi connectivity index (χ3v) is 3.05. The van der Waals surface area contributed by atoms with Crippen molar-refractivity contribution in [3.05, 3.63) is 24.3 Å². The predicted octanol–water partition coefficient (Wildman–Crippen LogP) is 2.42. The van der Waals surface area contributed by atoms with Crippen LogP contribution in [-0.4, -0.2) is 31.8 Å². The predicted molar refractivity (Wildman–Crippen MR) is 70.2 cm³/mol. The molecule has 0 atom stereocenters. The van der Waals surface area contributed by atoms with Gasteiger partial charge in [-0.2, -0.15) is 11.8 Å². The molecule has 0 aliphatic heterocycles. The molecule has 2 N–H and O–H groups in total. The Labute approximate surface area is 101 Å². The van der Waals surface area contributed by atoms with Crippen LogP contribution >= 0.6 is 11.8 Å². The lowest BCUT2D eigenvalue weighted by Gasteiger charge is -2.06.